The highest BCUT2D eigenvalue weighted by Gasteiger charge is 2.35. The number of furan rings is 1. The van der Waals surface area contributed by atoms with Crippen LogP contribution in [0, 0.1) is 5.92 Å². The van der Waals surface area contributed by atoms with Gasteiger partial charge in [0, 0.05) is 37.7 Å². The lowest BCUT2D eigenvalue weighted by Gasteiger charge is -2.36. The van der Waals surface area contributed by atoms with Gasteiger partial charge in [-0.1, -0.05) is 30.3 Å². The maximum absolute atomic E-state index is 13.0. The van der Waals surface area contributed by atoms with Crippen LogP contribution >= 0.6 is 0 Å². The van der Waals surface area contributed by atoms with Crippen LogP contribution in [-0.4, -0.2) is 64.5 Å². The van der Waals surface area contributed by atoms with Gasteiger partial charge in [0.1, 0.15) is 12.3 Å². The zero-order chi connectivity index (χ0) is 22.6. The molecular formula is C25H27N5O3. The van der Waals surface area contributed by atoms with Gasteiger partial charge < -0.3 is 19.1 Å². The summed E-state index contributed by atoms with van der Waals surface area (Å²) in [6.45, 7) is 2.96. The summed E-state index contributed by atoms with van der Waals surface area (Å²) < 4.78 is 5.40. The second-order valence-corrected chi connectivity index (χ2v) is 8.56. The monoisotopic (exact) mass is 445 g/mol. The first kappa shape index (κ1) is 21.2. The molecule has 0 radical (unpaired) electrons. The van der Waals surface area contributed by atoms with Gasteiger partial charge in [-0.15, -0.1) is 10.2 Å². The Morgan fingerprint density at radius 3 is 2.36 bits per heavy atom. The van der Waals surface area contributed by atoms with Gasteiger partial charge in [-0.05, 0) is 37.1 Å². The maximum Gasteiger partial charge on any atom is 0.242 e. The van der Waals surface area contributed by atoms with E-state index in [9.17, 15) is 9.59 Å². The summed E-state index contributed by atoms with van der Waals surface area (Å²) in [4.78, 5) is 31.3. The minimum absolute atomic E-state index is 0.0271. The first-order valence-corrected chi connectivity index (χ1v) is 11.4. The smallest absolute Gasteiger partial charge is 0.242 e. The minimum atomic E-state index is -0.0271. The van der Waals surface area contributed by atoms with Crippen molar-refractivity contribution < 1.29 is 14.0 Å². The molecular weight excluding hydrogens is 418 g/mol. The molecule has 2 amide bonds. The Labute approximate surface area is 192 Å². The van der Waals surface area contributed by atoms with Crippen molar-refractivity contribution in [1.82, 2.24) is 20.0 Å². The fourth-order valence-electron chi connectivity index (χ4n) is 4.10. The highest BCUT2D eigenvalue weighted by atomic mass is 16.3. The molecule has 0 bridgehead atoms. The lowest BCUT2D eigenvalue weighted by molar-refractivity contribution is -0.142. The van der Waals surface area contributed by atoms with E-state index in [0.717, 1.165) is 29.9 Å². The molecule has 33 heavy (non-hydrogen) atoms. The Morgan fingerprint density at radius 1 is 0.939 bits per heavy atom. The van der Waals surface area contributed by atoms with Crippen molar-refractivity contribution in [3.63, 3.8) is 0 Å². The highest BCUT2D eigenvalue weighted by molar-refractivity contribution is 5.87. The van der Waals surface area contributed by atoms with Crippen LogP contribution in [0.4, 0.5) is 5.82 Å². The Hall–Kier alpha value is -3.68. The van der Waals surface area contributed by atoms with E-state index in [1.165, 1.54) is 0 Å². The third-order valence-corrected chi connectivity index (χ3v) is 6.17. The van der Waals surface area contributed by atoms with E-state index in [0.29, 0.717) is 38.5 Å². The van der Waals surface area contributed by atoms with E-state index in [1.54, 1.807) is 17.2 Å². The van der Waals surface area contributed by atoms with Gasteiger partial charge in [-0.2, -0.15) is 0 Å². The number of hydrogen-bond acceptors (Lipinski definition) is 6. The molecule has 0 unspecified atom stereocenters. The van der Waals surface area contributed by atoms with Gasteiger partial charge in [-0.25, -0.2) is 0 Å². The van der Waals surface area contributed by atoms with Crippen LogP contribution in [-0.2, 0) is 16.1 Å². The van der Waals surface area contributed by atoms with E-state index in [2.05, 4.69) is 15.1 Å². The van der Waals surface area contributed by atoms with Gasteiger partial charge in [0.25, 0.3) is 0 Å². The van der Waals surface area contributed by atoms with Crippen LogP contribution in [0.25, 0.3) is 11.3 Å². The maximum atomic E-state index is 13.0. The van der Waals surface area contributed by atoms with Gasteiger partial charge in [0.2, 0.25) is 11.8 Å². The molecule has 8 heteroatoms. The van der Waals surface area contributed by atoms with E-state index < -0.39 is 0 Å². The Kier molecular flexibility index (Phi) is 6.06. The van der Waals surface area contributed by atoms with E-state index in [1.807, 2.05) is 53.4 Å². The Morgan fingerprint density at radius 2 is 1.73 bits per heavy atom. The third kappa shape index (κ3) is 5.05. The van der Waals surface area contributed by atoms with Gasteiger partial charge in [0.05, 0.1) is 18.5 Å². The summed E-state index contributed by atoms with van der Waals surface area (Å²) in [6, 6.07) is 17.5. The standard InChI is InChI=1S/C25H27N5O3/c31-24(18-30(25(32)20-8-9-20)17-21-7-4-16-33-21)29-14-12-28(13-15-29)23-11-10-22(26-27-23)19-5-2-1-3-6-19/h1-7,10-11,16,20H,8-9,12-15,17-18H2. The van der Waals surface area contributed by atoms with Crippen molar-refractivity contribution in [1.29, 1.82) is 0 Å². The first-order chi connectivity index (χ1) is 16.2. The van der Waals surface area contributed by atoms with E-state index in [-0.39, 0.29) is 24.3 Å². The third-order valence-electron chi connectivity index (χ3n) is 6.17. The number of anilines is 1. The van der Waals surface area contributed by atoms with E-state index in [4.69, 9.17) is 4.42 Å². The fraction of sp³-hybridized carbons (Fsp3) is 0.360. The molecule has 5 rings (SSSR count). The fourth-order valence-corrected chi connectivity index (χ4v) is 4.10. The summed E-state index contributed by atoms with van der Waals surface area (Å²) in [5.41, 5.74) is 1.87. The number of aromatic nitrogens is 2. The molecule has 3 heterocycles. The van der Waals surface area contributed by atoms with Crippen LogP contribution in [0.5, 0.6) is 0 Å². The predicted octanol–water partition coefficient (Wildman–Crippen LogP) is 2.82. The van der Waals surface area contributed by atoms with Crippen LogP contribution < -0.4 is 4.90 Å². The first-order valence-electron chi connectivity index (χ1n) is 11.4. The zero-order valence-corrected chi connectivity index (χ0v) is 18.5. The zero-order valence-electron chi connectivity index (χ0n) is 18.5. The summed E-state index contributed by atoms with van der Waals surface area (Å²) in [7, 11) is 0. The van der Waals surface area contributed by atoms with Crippen molar-refractivity contribution >= 4 is 17.6 Å². The van der Waals surface area contributed by atoms with Crippen LogP contribution in [0.2, 0.25) is 0 Å². The van der Waals surface area contributed by atoms with Gasteiger partial charge in [0.15, 0.2) is 5.82 Å². The number of piperazine rings is 1. The number of hydrogen-bond donors (Lipinski definition) is 0. The Bertz CT molecular complexity index is 1070. The molecule has 1 saturated carbocycles. The SMILES string of the molecule is O=C(CN(Cc1ccco1)C(=O)C1CC1)N1CCN(c2ccc(-c3ccccc3)nn2)CC1. The summed E-state index contributed by atoms with van der Waals surface area (Å²) >= 11 is 0. The molecule has 1 aromatic carbocycles. The predicted molar refractivity (Wildman–Crippen MR) is 123 cm³/mol. The average Bonchev–Trinajstić information content (AvgIpc) is 3.60. The lowest BCUT2D eigenvalue weighted by atomic mass is 10.1. The van der Waals surface area contributed by atoms with Crippen molar-refractivity contribution in [3.8, 4) is 11.3 Å². The normalized spacial score (nSPS) is 16.0. The van der Waals surface area contributed by atoms with Crippen LogP contribution in [0.1, 0.15) is 18.6 Å². The number of nitrogens with zero attached hydrogens (tertiary/aromatic N) is 5. The number of carbonyl (C=O) groups is 2. The Balaban J connectivity index is 1.17. The molecule has 0 atom stereocenters. The van der Waals surface area contributed by atoms with Gasteiger partial charge in [-0.3, -0.25) is 9.59 Å². The minimum Gasteiger partial charge on any atom is -0.467 e. The van der Waals surface area contributed by atoms with Crippen molar-refractivity contribution in [2.24, 2.45) is 5.92 Å². The number of amides is 2. The molecule has 1 saturated heterocycles. The molecule has 1 aliphatic heterocycles. The number of rotatable bonds is 7. The molecule has 0 N–H and O–H groups in total. The summed E-state index contributed by atoms with van der Waals surface area (Å²) in [5.74, 6) is 1.58. The van der Waals surface area contributed by atoms with Crippen LogP contribution in [0.15, 0.2) is 65.3 Å². The molecule has 1 aliphatic carbocycles. The molecule has 170 valence electrons. The molecule has 0 spiro atoms. The molecule has 8 nitrogen and oxygen atoms in total. The van der Waals surface area contributed by atoms with Crippen LogP contribution in [0.3, 0.4) is 0 Å². The molecule has 2 aromatic heterocycles. The van der Waals surface area contributed by atoms with Crippen molar-refractivity contribution in [2.45, 2.75) is 19.4 Å². The molecule has 2 aliphatic rings. The van der Waals surface area contributed by atoms with Crippen molar-refractivity contribution in [3.05, 3.63) is 66.6 Å². The quantitative estimate of drug-likeness (QED) is 0.556. The highest BCUT2D eigenvalue weighted by Crippen LogP contribution is 2.31. The average molecular weight is 446 g/mol. The largest absolute Gasteiger partial charge is 0.467 e. The second kappa shape index (κ2) is 9.44. The summed E-state index contributed by atoms with van der Waals surface area (Å²) in [6.07, 6.45) is 3.40. The number of benzene rings is 1. The van der Waals surface area contributed by atoms with Gasteiger partial charge >= 0.3 is 0 Å². The molecule has 3 aromatic rings. The van der Waals surface area contributed by atoms with Crippen molar-refractivity contribution in [2.75, 3.05) is 37.6 Å². The lowest BCUT2D eigenvalue weighted by Crippen LogP contribution is -2.52. The second-order valence-electron chi connectivity index (χ2n) is 8.56. The van der Waals surface area contributed by atoms with E-state index >= 15 is 0 Å². The number of carbonyl (C=O) groups excluding carboxylic acids is 2. The topological polar surface area (TPSA) is 82.8 Å². The molecule has 2 fully saturated rings. The summed E-state index contributed by atoms with van der Waals surface area (Å²) in [5, 5.41) is 8.77.